The average Bonchev–Trinajstić information content (AvgIpc) is 2.76. The molecule has 2 N–H and O–H groups in total. The summed E-state index contributed by atoms with van der Waals surface area (Å²) in [5.41, 5.74) is -0.119. The number of hydrogen-bond acceptors (Lipinski definition) is 6. The lowest BCUT2D eigenvalue weighted by atomic mass is 10.2. The van der Waals surface area contributed by atoms with E-state index in [0.717, 1.165) is 0 Å². The van der Waals surface area contributed by atoms with Crippen molar-refractivity contribution >= 4 is 5.97 Å². The van der Waals surface area contributed by atoms with Crippen molar-refractivity contribution in [2.75, 3.05) is 31.3 Å². The third kappa shape index (κ3) is 2.51. The Balaban J connectivity index is 2.15. The zero-order valence-corrected chi connectivity index (χ0v) is 9.94. The van der Waals surface area contributed by atoms with Crippen LogP contribution in [-0.4, -0.2) is 48.4 Å². The minimum Gasteiger partial charge on any atom is -0.481 e. The van der Waals surface area contributed by atoms with E-state index >= 15 is 0 Å². The highest BCUT2D eigenvalue weighted by molar-refractivity contribution is 5.75. The van der Waals surface area contributed by atoms with Gasteiger partial charge in [-0.1, -0.05) is 4.79 Å². The minimum atomic E-state index is -0.971. The summed E-state index contributed by atoms with van der Waals surface area (Å²) in [6.45, 7) is 3.57. The summed E-state index contributed by atoms with van der Waals surface area (Å²) in [4.78, 5) is 17.8. The predicted octanol–water partition coefficient (Wildman–Crippen LogP) is -2.34. The van der Waals surface area contributed by atoms with Gasteiger partial charge >= 0.3 is 5.97 Å². The molecule has 100 valence electrons. The van der Waals surface area contributed by atoms with Crippen molar-refractivity contribution in [2.24, 2.45) is 0 Å². The van der Waals surface area contributed by atoms with E-state index in [0.29, 0.717) is 19.7 Å². The fourth-order valence-electron chi connectivity index (χ4n) is 1.86. The average molecular weight is 257 g/mol. The Bertz CT molecular complexity index is 470. The predicted molar refractivity (Wildman–Crippen MR) is 55.8 cm³/mol. The summed E-state index contributed by atoms with van der Waals surface area (Å²) in [5.74, 6) is -0.971. The summed E-state index contributed by atoms with van der Waals surface area (Å²) in [7, 11) is 0. The zero-order chi connectivity index (χ0) is 13.1. The maximum Gasteiger partial charge on any atom is 0.312 e. The molecule has 9 heteroatoms. The number of hydroxylamine groups is 2. The smallest absolute Gasteiger partial charge is 0.312 e. The van der Waals surface area contributed by atoms with Gasteiger partial charge in [0, 0.05) is 19.6 Å². The molecule has 1 unspecified atom stereocenters. The van der Waals surface area contributed by atoms with E-state index < -0.39 is 12.0 Å². The van der Waals surface area contributed by atoms with Crippen molar-refractivity contribution in [3.8, 4) is 0 Å². The molecular weight excluding hydrogens is 242 g/mol. The molecule has 0 radical (unpaired) electrons. The summed E-state index contributed by atoms with van der Waals surface area (Å²) < 4.78 is 4.62. The third-order valence-corrected chi connectivity index (χ3v) is 2.63. The molecule has 0 aromatic carbocycles. The highest BCUT2D eigenvalue weighted by Gasteiger charge is 2.33. The molecule has 1 atom stereocenters. The molecule has 1 aromatic heterocycles. The lowest BCUT2D eigenvalue weighted by Gasteiger charge is -2.38. The van der Waals surface area contributed by atoms with Gasteiger partial charge in [0.1, 0.15) is 6.04 Å². The first-order valence-electron chi connectivity index (χ1n) is 5.59. The van der Waals surface area contributed by atoms with Crippen LogP contribution in [0.25, 0.3) is 0 Å². The number of aliphatic carboxylic acids is 1. The molecule has 1 aromatic rings. The van der Waals surface area contributed by atoms with E-state index in [1.807, 2.05) is 6.92 Å². The van der Waals surface area contributed by atoms with Crippen LogP contribution >= 0.6 is 0 Å². The molecule has 0 amide bonds. The number of nitrogens with one attached hydrogen (secondary N) is 1. The van der Waals surface area contributed by atoms with E-state index in [4.69, 9.17) is 10.2 Å². The van der Waals surface area contributed by atoms with E-state index in [1.54, 1.807) is 5.06 Å². The van der Waals surface area contributed by atoms with Gasteiger partial charge in [0.25, 0.3) is 11.8 Å². The molecule has 18 heavy (non-hydrogen) atoms. The van der Waals surface area contributed by atoms with Gasteiger partial charge in [0.2, 0.25) is 0 Å². The van der Waals surface area contributed by atoms with E-state index in [9.17, 15) is 9.90 Å². The Labute approximate surface area is 103 Å². The highest BCUT2D eigenvalue weighted by atomic mass is 16.7. The fraction of sp³-hybridized carbons (Fsp3) is 0.667. The van der Waals surface area contributed by atoms with Crippen molar-refractivity contribution in [1.29, 1.82) is 5.41 Å². The van der Waals surface area contributed by atoms with Crippen molar-refractivity contribution in [3.05, 3.63) is 11.8 Å². The molecular formula is C9H15N5O4. The normalized spacial score (nSPS) is 21.2. The van der Waals surface area contributed by atoms with Crippen LogP contribution in [-0.2, 0) is 9.63 Å². The van der Waals surface area contributed by atoms with E-state index in [-0.39, 0.29) is 12.1 Å². The van der Waals surface area contributed by atoms with Gasteiger partial charge < -0.3 is 9.63 Å². The van der Waals surface area contributed by atoms with Gasteiger partial charge in [0.15, 0.2) is 0 Å². The van der Waals surface area contributed by atoms with Crippen LogP contribution in [0.1, 0.15) is 6.92 Å². The van der Waals surface area contributed by atoms with E-state index in [1.165, 1.54) is 16.0 Å². The molecule has 1 fully saturated rings. The maximum absolute atomic E-state index is 11.3. The molecule has 1 saturated heterocycles. The van der Waals surface area contributed by atoms with Crippen molar-refractivity contribution in [3.63, 3.8) is 0 Å². The van der Waals surface area contributed by atoms with Crippen molar-refractivity contribution in [1.82, 2.24) is 10.3 Å². The molecule has 0 bridgehead atoms. The van der Waals surface area contributed by atoms with Crippen LogP contribution in [0.3, 0.4) is 0 Å². The van der Waals surface area contributed by atoms with Crippen LogP contribution in [0.15, 0.2) is 10.7 Å². The van der Waals surface area contributed by atoms with Crippen LogP contribution in [0.2, 0.25) is 0 Å². The second kappa shape index (κ2) is 5.19. The number of rotatable bonds is 4. The zero-order valence-electron chi connectivity index (χ0n) is 9.94. The Hall–Kier alpha value is -1.87. The molecule has 9 nitrogen and oxygen atoms in total. The van der Waals surface area contributed by atoms with Gasteiger partial charge in [-0.2, -0.15) is 5.06 Å². The van der Waals surface area contributed by atoms with Gasteiger partial charge in [-0.15, -0.1) is 0 Å². The third-order valence-electron chi connectivity index (χ3n) is 2.63. The molecule has 0 aliphatic carbocycles. The minimum absolute atomic E-state index is 0.119. The molecule has 2 rings (SSSR count). The summed E-state index contributed by atoms with van der Waals surface area (Å²) in [6.07, 6.45) is 1.33. The van der Waals surface area contributed by atoms with Gasteiger partial charge in [-0.05, 0) is 12.2 Å². The largest absolute Gasteiger partial charge is 0.481 e. The first kappa shape index (κ1) is 12.6. The quantitative estimate of drug-likeness (QED) is 0.582. The van der Waals surface area contributed by atoms with Gasteiger partial charge in [0.05, 0.1) is 6.61 Å². The topological polar surface area (TPSA) is 108 Å². The van der Waals surface area contributed by atoms with Crippen LogP contribution < -0.4 is 20.6 Å². The Morgan fingerprint density at radius 2 is 2.56 bits per heavy atom. The lowest BCUT2D eigenvalue weighted by Crippen LogP contribution is -2.72. The van der Waals surface area contributed by atoms with Crippen molar-refractivity contribution < 1.29 is 24.1 Å². The second-order valence-electron chi connectivity index (χ2n) is 3.81. The summed E-state index contributed by atoms with van der Waals surface area (Å²) in [6, 6.07) is -0.792. The van der Waals surface area contributed by atoms with Crippen molar-refractivity contribution in [2.45, 2.75) is 13.0 Å². The molecule has 1 aliphatic heterocycles. The van der Waals surface area contributed by atoms with Crippen LogP contribution in [0.4, 0.5) is 0 Å². The Morgan fingerprint density at radius 1 is 1.78 bits per heavy atom. The number of carboxylic acids is 1. The number of hydrogen-bond donors (Lipinski definition) is 2. The monoisotopic (exact) mass is 257 g/mol. The highest BCUT2D eigenvalue weighted by Crippen LogP contribution is 2.05. The standard InChI is InChI=1S/C9H15N5O4/c1-2-17-12-3-4-13(7(5-12)9(15)16)14-6-8(10)18-11-14/h6-7,10H,2-5H2,1H3,(H,15,16). The summed E-state index contributed by atoms with van der Waals surface area (Å²) >= 11 is 0. The summed E-state index contributed by atoms with van der Waals surface area (Å²) in [5, 5.41) is 23.2. The molecule has 0 saturated carbocycles. The number of carbonyl (C=O) groups is 1. The lowest BCUT2D eigenvalue weighted by molar-refractivity contribution is -0.767. The number of nitrogens with zero attached hydrogens (tertiary/aromatic N) is 4. The second-order valence-corrected chi connectivity index (χ2v) is 3.81. The first-order chi connectivity index (χ1) is 8.61. The molecule has 0 spiro atoms. The fourth-order valence-corrected chi connectivity index (χ4v) is 1.86. The molecule has 1 aliphatic rings. The Kier molecular flexibility index (Phi) is 3.63. The van der Waals surface area contributed by atoms with E-state index in [2.05, 4.69) is 9.79 Å². The number of piperazine rings is 1. The van der Waals surface area contributed by atoms with Crippen LogP contribution in [0, 0.1) is 5.41 Å². The van der Waals surface area contributed by atoms with Gasteiger partial charge in [-0.3, -0.25) is 20.1 Å². The SMILES string of the molecule is CCON1CCN([n+]2cc(=N)o[n-]2)C(C(=O)O)C1. The number of carboxylic acid groups (broad SMARTS) is 1. The van der Waals surface area contributed by atoms with Gasteiger partial charge in [-0.25, -0.2) is 0 Å². The Morgan fingerprint density at radius 3 is 3.11 bits per heavy atom. The van der Waals surface area contributed by atoms with Crippen LogP contribution in [0.5, 0.6) is 0 Å². The first-order valence-corrected chi connectivity index (χ1v) is 5.59. The molecule has 2 heterocycles. The number of aromatic nitrogens is 2. The maximum atomic E-state index is 11.3.